The topological polar surface area (TPSA) is 144 Å². The Labute approximate surface area is 180 Å². The molecular formula is C20H29NO10. The van der Waals surface area contributed by atoms with E-state index in [2.05, 4.69) is 5.32 Å². The molecule has 0 aromatic heterocycles. The average molecular weight is 443 g/mol. The predicted molar refractivity (Wildman–Crippen MR) is 104 cm³/mol. The van der Waals surface area contributed by atoms with E-state index in [1.807, 2.05) is 0 Å². The molecule has 11 heteroatoms. The van der Waals surface area contributed by atoms with Crippen LogP contribution < -0.4 is 5.32 Å². The van der Waals surface area contributed by atoms with Gasteiger partial charge in [0, 0.05) is 33.6 Å². The van der Waals surface area contributed by atoms with E-state index in [-0.39, 0.29) is 12.4 Å². The maximum atomic E-state index is 12.3. The second-order valence-corrected chi connectivity index (χ2v) is 6.94. The molecule has 1 heterocycles. The van der Waals surface area contributed by atoms with E-state index in [1.165, 1.54) is 13.0 Å². The van der Waals surface area contributed by atoms with E-state index in [0.717, 1.165) is 20.8 Å². The van der Waals surface area contributed by atoms with Crippen molar-refractivity contribution < 1.29 is 47.7 Å². The molecule has 0 radical (unpaired) electrons. The zero-order valence-corrected chi connectivity index (χ0v) is 18.5. The van der Waals surface area contributed by atoms with Gasteiger partial charge in [-0.2, -0.15) is 0 Å². The van der Waals surface area contributed by atoms with Crippen molar-refractivity contribution in [1.82, 2.24) is 5.32 Å². The van der Waals surface area contributed by atoms with Gasteiger partial charge in [0.25, 0.3) is 0 Å². The molecule has 0 aliphatic carbocycles. The SMILES string of the molecule is CCOC(=O)C1=C[C@@H](C)[C@@H](NC(C)=O)[C@H]([C@H](OC(C)=O)[C@@H](COC(C)=O)OC(C)=O)O1. The van der Waals surface area contributed by atoms with Crippen LogP contribution >= 0.6 is 0 Å². The van der Waals surface area contributed by atoms with Crippen molar-refractivity contribution in [2.75, 3.05) is 13.2 Å². The summed E-state index contributed by atoms with van der Waals surface area (Å²) in [6.45, 7) is 7.71. The number of carbonyl (C=O) groups excluding carboxylic acids is 5. The van der Waals surface area contributed by atoms with Gasteiger partial charge in [-0.3, -0.25) is 19.2 Å². The van der Waals surface area contributed by atoms with Crippen LogP contribution in [0, 0.1) is 5.92 Å². The molecule has 1 aliphatic heterocycles. The number of esters is 4. The van der Waals surface area contributed by atoms with Crippen molar-refractivity contribution in [3.05, 3.63) is 11.8 Å². The van der Waals surface area contributed by atoms with Crippen LogP contribution in [-0.4, -0.2) is 67.4 Å². The Hall–Kier alpha value is -3.11. The van der Waals surface area contributed by atoms with Gasteiger partial charge in [0.15, 0.2) is 18.3 Å². The minimum absolute atomic E-state index is 0.101. The van der Waals surface area contributed by atoms with Gasteiger partial charge in [-0.15, -0.1) is 0 Å². The van der Waals surface area contributed by atoms with Crippen molar-refractivity contribution >= 4 is 29.8 Å². The summed E-state index contributed by atoms with van der Waals surface area (Å²) in [4.78, 5) is 58.8. The molecule has 0 aromatic rings. The highest BCUT2D eigenvalue weighted by molar-refractivity contribution is 5.86. The lowest BCUT2D eigenvalue weighted by atomic mass is 9.88. The molecule has 0 spiro atoms. The van der Waals surface area contributed by atoms with Gasteiger partial charge in [-0.05, 0) is 13.0 Å². The Balaban J connectivity index is 3.41. The highest BCUT2D eigenvalue weighted by Gasteiger charge is 2.46. The molecule has 0 saturated heterocycles. The molecular weight excluding hydrogens is 414 g/mol. The number of hydrogen-bond acceptors (Lipinski definition) is 10. The second kappa shape index (κ2) is 11.9. The zero-order valence-electron chi connectivity index (χ0n) is 18.5. The quantitative estimate of drug-likeness (QED) is 0.393. The Kier molecular flexibility index (Phi) is 9.97. The average Bonchev–Trinajstić information content (AvgIpc) is 2.64. The van der Waals surface area contributed by atoms with Gasteiger partial charge < -0.3 is 29.0 Å². The molecule has 0 unspecified atom stereocenters. The first-order chi connectivity index (χ1) is 14.5. The number of rotatable bonds is 9. The van der Waals surface area contributed by atoms with Gasteiger partial charge in [0.2, 0.25) is 11.7 Å². The number of ether oxygens (including phenoxy) is 5. The van der Waals surface area contributed by atoms with Crippen LogP contribution in [0.2, 0.25) is 0 Å². The van der Waals surface area contributed by atoms with Gasteiger partial charge in [0.05, 0.1) is 12.6 Å². The first kappa shape index (κ1) is 25.9. The molecule has 174 valence electrons. The lowest BCUT2D eigenvalue weighted by molar-refractivity contribution is -0.188. The first-order valence-electron chi connectivity index (χ1n) is 9.76. The molecule has 1 rings (SSSR count). The summed E-state index contributed by atoms with van der Waals surface area (Å²) >= 11 is 0. The van der Waals surface area contributed by atoms with Crippen molar-refractivity contribution in [3.63, 3.8) is 0 Å². The molecule has 1 amide bonds. The summed E-state index contributed by atoms with van der Waals surface area (Å²) in [5.41, 5.74) is 0. The standard InChI is InChI=1S/C20H29NO10/c1-7-27-20(26)15-8-10(2)17(21-11(3)22)19(31-15)18(30-14(6)25)16(29-13(5)24)9-28-12(4)23/h8,10,16-19H,7,9H2,1-6H3,(H,21,22)/t10-,16-,17-,18-,19-/m1/s1. The fourth-order valence-corrected chi connectivity index (χ4v) is 3.09. The Bertz CT molecular complexity index is 731. The number of hydrogen-bond donors (Lipinski definition) is 1. The van der Waals surface area contributed by atoms with Crippen molar-refractivity contribution in [2.24, 2.45) is 5.92 Å². The third kappa shape index (κ3) is 8.27. The molecule has 0 saturated carbocycles. The van der Waals surface area contributed by atoms with Crippen molar-refractivity contribution in [1.29, 1.82) is 0 Å². The van der Waals surface area contributed by atoms with Crippen LogP contribution in [0.4, 0.5) is 0 Å². The van der Waals surface area contributed by atoms with E-state index in [9.17, 15) is 24.0 Å². The summed E-state index contributed by atoms with van der Waals surface area (Å²) < 4.78 is 26.3. The predicted octanol–water partition coefficient (Wildman–Crippen LogP) is 0.400. The van der Waals surface area contributed by atoms with E-state index in [1.54, 1.807) is 13.8 Å². The summed E-state index contributed by atoms with van der Waals surface area (Å²) in [6.07, 6.45) is -2.27. The van der Waals surface area contributed by atoms with E-state index < -0.39 is 66.7 Å². The number of amides is 1. The van der Waals surface area contributed by atoms with Crippen LogP contribution in [0.1, 0.15) is 41.5 Å². The van der Waals surface area contributed by atoms with E-state index in [0.29, 0.717) is 0 Å². The highest BCUT2D eigenvalue weighted by atomic mass is 16.6. The summed E-state index contributed by atoms with van der Waals surface area (Å²) in [5, 5.41) is 2.70. The van der Waals surface area contributed by atoms with Crippen molar-refractivity contribution in [3.8, 4) is 0 Å². The van der Waals surface area contributed by atoms with Crippen LogP contribution in [-0.2, 0) is 47.7 Å². The number of carbonyl (C=O) groups is 5. The molecule has 0 aromatic carbocycles. The van der Waals surface area contributed by atoms with E-state index in [4.69, 9.17) is 23.7 Å². The van der Waals surface area contributed by atoms with Gasteiger partial charge in [-0.25, -0.2) is 4.79 Å². The lowest BCUT2D eigenvalue weighted by Gasteiger charge is -2.41. The van der Waals surface area contributed by atoms with Gasteiger partial charge in [-0.1, -0.05) is 6.92 Å². The third-order valence-electron chi connectivity index (χ3n) is 4.20. The van der Waals surface area contributed by atoms with Gasteiger partial charge >= 0.3 is 23.9 Å². The molecule has 0 bridgehead atoms. The van der Waals surface area contributed by atoms with Crippen LogP contribution in [0.15, 0.2) is 11.8 Å². The molecule has 31 heavy (non-hydrogen) atoms. The van der Waals surface area contributed by atoms with Crippen molar-refractivity contribution in [2.45, 2.75) is 65.9 Å². The minimum atomic E-state index is -1.32. The summed E-state index contributed by atoms with van der Waals surface area (Å²) in [7, 11) is 0. The number of nitrogens with one attached hydrogen (secondary N) is 1. The first-order valence-corrected chi connectivity index (χ1v) is 9.76. The van der Waals surface area contributed by atoms with E-state index >= 15 is 0 Å². The molecule has 11 nitrogen and oxygen atoms in total. The summed E-state index contributed by atoms with van der Waals surface area (Å²) in [5.74, 6) is -3.86. The van der Waals surface area contributed by atoms with Crippen LogP contribution in [0.25, 0.3) is 0 Å². The monoisotopic (exact) mass is 443 g/mol. The molecule has 1 aliphatic rings. The lowest BCUT2D eigenvalue weighted by Crippen LogP contribution is -2.59. The van der Waals surface area contributed by atoms with Gasteiger partial charge in [0.1, 0.15) is 6.61 Å². The second-order valence-electron chi connectivity index (χ2n) is 6.94. The smallest absolute Gasteiger partial charge is 0.373 e. The fourth-order valence-electron chi connectivity index (χ4n) is 3.09. The molecule has 1 N–H and O–H groups in total. The normalized spacial score (nSPS) is 22.0. The Morgan fingerprint density at radius 2 is 1.61 bits per heavy atom. The zero-order chi connectivity index (χ0) is 23.7. The fraction of sp³-hybridized carbons (Fsp3) is 0.650. The maximum absolute atomic E-state index is 12.3. The maximum Gasteiger partial charge on any atom is 0.373 e. The molecule has 0 fully saturated rings. The largest absolute Gasteiger partial charge is 0.477 e. The summed E-state index contributed by atoms with van der Waals surface area (Å²) in [6, 6.07) is -0.768. The highest BCUT2D eigenvalue weighted by Crippen LogP contribution is 2.29. The molecule has 5 atom stereocenters. The van der Waals surface area contributed by atoms with Crippen LogP contribution in [0.5, 0.6) is 0 Å². The Morgan fingerprint density at radius 1 is 1.00 bits per heavy atom. The Morgan fingerprint density at radius 3 is 2.10 bits per heavy atom. The third-order valence-corrected chi connectivity index (χ3v) is 4.20. The van der Waals surface area contributed by atoms with Crippen LogP contribution in [0.3, 0.4) is 0 Å². The minimum Gasteiger partial charge on any atom is -0.477 e.